The van der Waals surface area contributed by atoms with E-state index in [4.69, 9.17) is 4.42 Å². The lowest BCUT2D eigenvalue weighted by atomic mass is 10.1. The van der Waals surface area contributed by atoms with Crippen LogP contribution in [0.5, 0.6) is 0 Å². The van der Waals surface area contributed by atoms with Crippen LogP contribution in [-0.4, -0.2) is 11.8 Å². The summed E-state index contributed by atoms with van der Waals surface area (Å²) in [4.78, 5) is 25.6. The Hall–Kier alpha value is -2.86. The number of nitrogens with one attached hydrogen (secondary N) is 2. The molecule has 0 aliphatic rings. The molecular formula is C19H18N2O3S. The lowest BCUT2D eigenvalue weighted by Crippen LogP contribution is -2.23. The second-order valence-electron chi connectivity index (χ2n) is 5.67. The van der Waals surface area contributed by atoms with Crippen molar-refractivity contribution in [3.63, 3.8) is 0 Å². The van der Waals surface area contributed by atoms with Gasteiger partial charge in [0.15, 0.2) is 5.76 Å². The van der Waals surface area contributed by atoms with Crippen molar-refractivity contribution in [3.05, 3.63) is 75.4 Å². The van der Waals surface area contributed by atoms with Crippen molar-refractivity contribution >= 4 is 28.8 Å². The first kappa shape index (κ1) is 17.0. The van der Waals surface area contributed by atoms with E-state index in [0.717, 1.165) is 10.4 Å². The Morgan fingerprint density at radius 2 is 1.92 bits per heavy atom. The zero-order valence-electron chi connectivity index (χ0n) is 14.0. The second kappa shape index (κ2) is 7.36. The van der Waals surface area contributed by atoms with E-state index in [1.54, 1.807) is 35.6 Å². The Morgan fingerprint density at radius 1 is 1.08 bits per heavy atom. The van der Waals surface area contributed by atoms with Crippen molar-refractivity contribution in [1.82, 2.24) is 5.32 Å². The molecule has 0 aliphatic carbocycles. The zero-order valence-corrected chi connectivity index (χ0v) is 14.8. The number of hydrogen-bond acceptors (Lipinski definition) is 4. The summed E-state index contributed by atoms with van der Waals surface area (Å²) in [6.45, 7) is 4.38. The summed E-state index contributed by atoms with van der Waals surface area (Å²) in [5.41, 5.74) is 3.11. The lowest BCUT2D eigenvalue weighted by Gasteiger charge is -2.10. The van der Waals surface area contributed by atoms with Crippen LogP contribution in [0.4, 0.5) is 5.69 Å². The van der Waals surface area contributed by atoms with Crippen LogP contribution in [0.2, 0.25) is 0 Å². The Labute approximate surface area is 149 Å². The summed E-state index contributed by atoms with van der Waals surface area (Å²) < 4.78 is 5.09. The molecule has 2 amide bonds. The van der Waals surface area contributed by atoms with Crippen LogP contribution in [0.15, 0.2) is 52.5 Å². The second-order valence-corrected chi connectivity index (χ2v) is 6.67. The number of amides is 2. The third kappa shape index (κ3) is 3.97. The van der Waals surface area contributed by atoms with Gasteiger partial charge in [0.25, 0.3) is 11.8 Å². The number of rotatable bonds is 5. The van der Waals surface area contributed by atoms with Gasteiger partial charge in [-0.15, -0.1) is 11.3 Å². The topological polar surface area (TPSA) is 71.3 Å². The van der Waals surface area contributed by atoms with Crippen molar-refractivity contribution in [2.24, 2.45) is 0 Å². The summed E-state index contributed by atoms with van der Waals surface area (Å²) in [7, 11) is 0. The highest BCUT2D eigenvalue weighted by atomic mass is 32.1. The van der Waals surface area contributed by atoms with Gasteiger partial charge in [0.1, 0.15) is 0 Å². The van der Waals surface area contributed by atoms with Crippen LogP contribution in [0.3, 0.4) is 0 Å². The Kier molecular flexibility index (Phi) is 5.00. The lowest BCUT2D eigenvalue weighted by molar-refractivity contribution is 0.0949. The van der Waals surface area contributed by atoms with Gasteiger partial charge in [-0.25, -0.2) is 0 Å². The van der Waals surface area contributed by atoms with Crippen LogP contribution in [0.25, 0.3) is 0 Å². The van der Waals surface area contributed by atoms with Crippen LogP contribution in [0, 0.1) is 13.8 Å². The van der Waals surface area contributed by atoms with Crippen molar-refractivity contribution in [3.8, 4) is 0 Å². The monoisotopic (exact) mass is 354 g/mol. The molecule has 3 rings (SSSR count). The highest BCUT2D eigenvalue weighted by molar-refractivity contribution is 7.10. The van der Waals surface area contributed by atoms with Crippen LogP contribution >= 0.6 is 11.3 Å². The van der Waals surface area contributed by atoms with Gasteiger partial charge in [-0.2, -0.15) is 0 Å². The molecule has 2 N–H and O–H groups in total. The number of hydrogen-bond donors (Lipinski definition) is 2. The van der Waals surface area contributed by atoms with E-state index in [1.807, 2.05) is 31.4 Å². The number of carbonyl (C=O) groups is 2. The van der Waals surface area contributed by atoms with Crippen molar-refractivity contribution in [2.45, 2.75) is 20.4 Å². The average molecular weight is 354 g/mol. The van der Waals surface area contributed by atoms with Crippen LogP contribution < -0.4 is 10.6 Å². The number of furan rings is 1. The molecule has 2 aromatic heterocycles. The van der Waals surface area contributed by atoms with E-state index in [9.17, 15) is 9.59 Å². The molecule has 0 atom stereocenters. The molecule has 25 heavy (non-hydrogen) atoms. The SMILES string of the molecule is Cc1ccc(C(=O)NCc2sccc2C)cc1NC(=O)c1ccco1. The van der Waals surface area contributed by atoms with Gasteiger partial charge in [0.05, 0.1) is 12.8 Å². The van der Waals surface area contributed by atoms with E-state index in [0.29, 0.717) is 17.8 Å². The predicted octanol–water partition coefficient (Wildman–Crippen LogP) is 4.14. The van der Waals surface area contributed by atoms with E-state index >= 15 is 0 Å². The van der Waals surface area contributed by atoms with Gasteiger partial charge >= 0.3 is 0 Å². The number of thiophene rings is 1. The third-order valence-electron chi connectivity index (χ3n) is 3.87. The van der Waals surface area contributed by atoms with Gasteiger partial charge in [-0.1, -0.05) is 6.07 Å². The third-order valence-corrected chi connectivity index (χ3v) is 4.89. The van der Waals surface area contributed by atoms with E-state index in [1.165, 1.54) is 11.8 Å². The molecule has 0 aliphatic heterocycles. The minimum atomic E-state index is -0.347. The molecule has 0 saturated carbocycles. The van der Waals surface area contributed by atoms with E-state index in [2.05, 4.69) is 10.6 Å². The molecule has 2 heterocycles. The first-order chi connectivity index (χ1) is 12.0. The molecule has 6 heteroatoms. The highest BCUT2D eigenvalue weighted by Gasteiger charge is 2.13. The quantitative estimate of drug-likeness (QED) is 0.723. The molecule has 1 aromatic carbocycles. The Morgan fingerprint density at radius 3 is 2.60 bits per heavy atom. The molecule has 0 saturated heterocycles. The fourth-order valence-electron chi connectivity index (χ4n) is 2.34. The summed E-state index contributed by atoms with van der Waals surface area (Å²) in [5, 5.41) is 7.69. The van der Waals surface area contributed by atoms with Crippen LogP contribution in [-0.2, 0) is 6.54 Å². The van der Waals surface area contributed by atoms with Gasteiger partial charge in [0.2, 0.25) is 0 Å². The standard InChI is InChI=1S/C19H18N2O3S/c1-12-5-6-14(18(22)20-11-17-13(2)7-9-25-17)10-15(12)21-19(23)16-4-3-8-24-16/h3-10H,11H2,1-2H3,(H,20,22)(H,21,23). The van der Waals surface area contributed by atoms with Crippen molar-refractivity contribution in [2.75, 3.05) is 5.32 Å². The maximum Gasteiger partial charge on any atom is 0.291 e. The summed E-state index contributed by atoms with van der Waals surface area (Å²) >= 11 is 1.62. The first-order valence-corrected chi connectivity index (χ1v) is 8.69. The normalized spacial score (nSPS) is 10.5. The minimum Gasteiger partial charge on any atom is -0.459 e. The molecule has 5 nitrogen and oxygen atoms in total. The first-order valence-electron chi connectivity index (χ1n) is 7.81. The predicted molar refractivity (Wildman–Crippen MR) is 98.1 cm³/mol. The number of anilines is 1. The maximum atomic E-state index is 12.4. The van der Waals surface area contributed by atoms with Gasteiger partial charge in [-0.3, -0.25) is 9.59 Å². The highest BCUT2D eigenvalue weighted by Crippen LogP contribution is 2.19. The molecule has 0 spiro atoms. The number of aryl methyl sites for hydroxylation is 2. The molecule has 128 valence electrons. The summed E-state index contributed by atoms with van der Waals surface area (Å²) in [6.07, 6.45) is 1.44. The molecule has 0 radical (unpaired) electrons. The van der Waals surface area contributed by atoms with E-state index < -0.39 is 0 Å². The molecule has 3 aromatic rings. The Bertz CT molecular complexity index is 897. The molecular weight excluding hydrogens is 336 g/mol. The molecule has 0 fully saturated rings. The smallest absolute Gasteiger partial charge is 0.291 e. The largest absolute Gasteiger partial charge is 0.459 e. The number of carbonyl (C=O) groups excluding carboxylic acids is 2. The van der Waals surface area contributed by atoms with Crippen LogP contribution in [0.1, 0.15) is 36.9 Å². The fourth-order valence-corrected chi connectivity index (χ4v) is 3.18. The average Bonchev–Trinajstić information content (AvgIpc) is 3.26. The van der Waals surface area contributed by atoms with Crippen molar-refractivity contribution < 1.29 is 14.0 Å². The number of benzene rings is 1. The van der Waals surface area contributed by atoms with E-state index in [-0.39, 0.29) is 17.6 Å². The van der Waals surface area contributed by atoms with Gasteiger partial charge in [-0.05, 0) is 60.7 Å². The van der Waals surface area contributed by atoms with Gasteiger partial charge in [0, 0.05) is 16.1 Å². The summed E-state index contributed by atoms with van der Waals surface area (Å²) in [6, 6.07) is 10.5. The fraction of sp³-hybridized carbons (Fsp3) is 0.158. The molecule has 0 bridgehead atoms. The minimum absolute atomic E-state index is 0.179. The van der Waals surface area contributed by atoms with Gasteiger partial charge < -0.3 is 15.1 Å². The Balaban J connectivity index is 1.71. The molecule has 0 unspecified atom stereocenters. The van der Waals surface area contributed by atoms with Crippen molar-refractivity contribution in [1.29, 1.82) is 0 Å². The summed E-state index contributed by atoms with van der Waals surface area (Å²) in [5.74, 6) is -0.302. The zero-order chi connectivity index (χ0) is 17.8. The maximum absolute atomic E-state index is 12.4.